The topological polar surface area (TPSA) is 0 Å². The van der Waals surface area contributed by atoms with Crippen LogP contribution in [0.25, 0.3) is 60.1 Å². The Morgan fingerprint density at radius 3 is 1.73 bits per heavy atom. The van der Waals surface area contributed by atoms with E-state index in [4.69, 9.17) is 0 Å². The lowest BCUT2D eigenvalue weighted by atomic mass is 9.79. The maximum absolute atomic E-state index is 2.46. The lowest BCUT2D eigenvalue weighted by Crippen LogP contribution is -2.05. The molecule has 1 fully saturated rings. The van der Waals surface area contributed by atoms with Gasteiger partial charge >= 0.3 is 0 Å². The Labute approximate surface area is 267 Å². The fraction of sp³-hybridized carbons (Fsp3) is 0.200. The highest BCUT2D eigenvalue weighted by Gasteiger charge is 2.22. The molecular weight excluding hydrogens is 540 g/mol. The van der Waals surface area contributed by atoms with Crippen molar-refractivity contribution in [1.29, 1.82) is 0 Å². The smallest absolute Gasteiger partial charge is 0.00201 e. The minimum absolute atomic E-state index is 0.484. The van der Waals surface area contributed by atoms with Crippen molar-refractivity contribution in [3.8, 4) is 22.3 Å². The van der Waals surface area contributed by atoms with Crippen LogP contribution in [0.5, 0.6) is 0 Å². The second-order valence-electron chi connectivity index (χ2n) is 13.1. The van der Waals surface area contributed by atoms with Gasteiger partial charge in [0.15, 0.2) is 0 Å². The van der Waals surface area contributed by atoms with Crippen LogP contribution in [0.2, 0.25) is 0 Å². The van der Waals surface area contributed by atoms with Crippen molar-refractivity contribution in [3.63, 3.8) is 0 Å². The standard InChI is InChI=1S/C45H40/c1-31-15-5-2-3-8-18-35(31)33-25-27-34(28-26-33)44-39-21-11-13-23-41(39)45(42-24-14-12-22-40(42)44)43-30-29-36(32-16-6-4-7-17-32)37-19-9-10-20-38(37)43/h2-3,5,8-14,18-32H,4,6-7,15-17H2,1H3/b5-2+,8-3-,35-18+. The third kappa shape index (κ3) is 5.03. The molecule has 0 aromatic heterocycles. The van der Waals surface area contributed by atoms with E-state index in [1.54, 1.807) is 5.56 Å². The van der Waals surface area contributed by atoms with Crippen molar-refractivity contribution in [2.45, 2.75) is 51.4 Å². The molecule has 0 amide bonds. The SMILES string of the molecule is CC1C/C=C/C=C\C=C/1c1ccc(-c2c3ccccc3c(-c3ccc(C4CCCCC4)c4ccccc34)c3ccccc23)cc1. The van der Waals surface area contributed by atoms with Crippen LogP contribution in [0.4, 0.5) is 0 Å². The molecule has 6 aromatic rings. The largest absolute Gasteiger partial charge is 0.0839 e. The molecule has 6 aromatic carbocycles. The summed E-state index contributed by atoms with van der Waals surface area (Å²) in [5, 5.41) is 8.06. The van der Waals surface area contributed by atoms with Crippen molar-refractivity contribution >= 4 is 37.9 Å². The van der Waals surface area contributed by atoms with Crippen LogP contribution in [0.15, 0.2) is 140 Å². The first-order chi connectivity index (χ1) is 22.3. The summed E-state index contributed by atoms with van der Waals surface area (Å²) in [7, 11) is 0. The second kappa shape index (κ2) is 12.0. The molecule has 1 saturated carbocycles. The third-order valence-corrected chi connectivity index (χ3v) is 10.4. The lowest BCUT2D eigenvalue weighted by Gasteiger charge is -2.25. The van der Waals surface area contributed by atoms with Gasteiger partial charge in [-0.05, 0) is 102 Å². The maximum Gasteiger partial charge on any atom is -0.00201 e. The molecule has 0 nitrogen and oxygen atoms in total. The van der Waals surface area contributed by atoms with Crippen molar-refractivity contribution in [3.05, 3.63) is 151 Å². The highest BCUT2D eigenvalue weighted by Crippen LogP contribution is 2.47. The summed E-state index contributed by atoms with van der Waals surface area (Å²) in [5.74, 6) is 1.16. The van der Waals surface area contributed by atoms with Crippen LogP contribution in [-0.4, -0.2) is 0 Å². The first-order valence-electron chi connectivity index (χ1n) is 16.9. The number of hydrogen-bond acceptors (Lipinski definition) is 0. The molecule has 0 bridgehead atoms. The quantitative estimate of drug-likeness (QED) is 0.182. The van der Waals surface area contributed by atoms with E-state index in [1.165, 1.54) is 97.8 Å². The Morgan fingerprint density at radius 1 is 0.489 bits per heavy atom. The average Bonchev–Trinajstić information content (AvgIpc) is 3.09. The highest BCUT2D eigenvalue weighted by atomic mass is 14.3. The summed E-state index contributed by atoms with van der Waals surface area (Å²) in [6, 6.07) is 41.5. The van der Waals surface area contributed by atoms with Gasteiger partial charge in [-0.3, -0.25) is 0 Å². The first kappa shape index (κ1) is 27.8. The minimum atomic E-state index is 0.484. The predicted molar refractivity (Wildman–Crippen MR) is 196 cm³/mol. The molecule has 1 unspecified atom stereocenters. The van der Waals surface area contributed by atoms with Gasteiger partial charge in [0.25, 0.3) is 0 Å². The molecule has 0 N–H and O–H groups in total. The summed E-state index contributed by atoms with van der Waals surface area (Å²) >= 11 is 0. The molecular formula is C45H40. The number of allylic oxidation sites excluding steroid dienone is 6. The maximum atomic E-state index is 2.46. The van der Waals surface area contributed by atoms with Gasteiger partial charge < -0.3 is 0 Å². The normalized spacial score (nSPS) is 20.0. The zero-order valence-electron chi connectivity index (χ0n) is 26.2. The first-order valence-corrected chi connectivity index (χ1v) is 16.9. The van der Waals surface area contributed by atoms with Gasteiger partial charge in [0, 0.05) is 0 Å². The van der Waals surface area contributed by atoms with Crippen LogP contribution in [0.1, 0.15) is 62.5 Å². The van der Waals surface area contributed by atoms with E-state index in [0.717, 1.165) is 6.42 Å². The van der Waals surface area contributed by atoms with E-state index in [-0.39, 0.29) is 0 Å². The number of hydrogen-bond donors (Lipinski definition) is 0. The molecule has 8 rings (SSSR count). The summed E-state index contributed by atoms with van der Waals surface area (Å²) in [4.78, 5) is 0. The van der Waals surface area contributed by atoms with E-state index in [0.29, 0.717) is 11.8 Å². The zero-order chi connectivity index (χ0) is 30.2. The second-order valence-corrected chi connectivity index (χ2v) is 13.1. The molecule has 220 valence electrons. The van der Waals surface area contributed by atoms with Gasteiger partial charge in [-0.25, -0.2) is 0 Å². The molecule has 45 heavy (non-hydrogen) atoms. The lowest BCUT2D eigenvalue weighted by molar-refractivity contribution is 0.445. The van der Waals surface area contributed by atoms with Gasteiger partial charge in [0.2, 0.25) is 0 Å². The average molecular weight is 581 g/mol. The minimum Gasteiger partial charge on any atom is -0.0839 e. The van der Waals surface area contributed by atoms with Gasteiger partial charge in [0.1, 0.15) is 0 Å². The summed E-state index contributed by atoms with van der Waals surface area (Å²) in [6.07, 6.45) is 18.8. The Balaban J connectivity index is 1.33. The van der Waals surface area contributed by atoms with Crippen molar-refractivity contribution in [1.82, 2.24) is 0 Å². The summed E-state index contributed by atoms with van der Waals surface area (Å²) in [5.41, 5.74) is 9.52. The van der Waals surface area contributed by atoms with E-state index in [9.17, 15) is 0 Å². The van der Waals surface area contributed by atoms with E-state index < -0.39 is 0 Å². The van der Waals surface area contributed by atoms with Crippen LogP contribution in [0, 0.1) is 5.92 Å². The Kier molecular flexibility index (Phi) is 7.43. The van der Waals surface area contributed by atoms with Crippen LogP contribution in [-0.2, 0) is 0 Å². The fourth-order valence-electron chi connectivity index (χ4n) is 8.13. The van der Waals surface area contributed by atoms with E-state index >= 15 is 0 Å². The molecule has 2 aliphatic rings. The Morgan fingerprint density at radius 2 is 1.07 bits per heavy atom. The van der Waals surface area contributed by atoms with Crippen LogP contribution < -0.4 is 0 Å². The van der Waals surface area contributed by atoms with Crippen LogP contribution >= 0.6 is 0 Å². The van der Waals surface area contributed by atoms with Gasteiger partial charge in [-0.1, -0.05) is 166 Å². The fourth-order valence-corrected chi connectivity index (χ4v) is 8.13. The highest BCUT2D eigenvalue weighted by molar-refractivity contribution is 6.23. The third-order valence-electron chi connectivity index (χ3n) is 10.4. The molecule has 0 spiro atoms. The summed E-state index contributed by atoms with van der Waals surface area (Å²) in [6.45, 7) is 2.33. The van der Waals surface area contributed by atoms with Crippen LogP contribution in [0.3, 0.4) is 0 Å². The number of benzene rings is 6. The molecule has 0 saturated heterocycles. The molecule has 1 atom stereocenters. The molecule has 0 radical (unpaired) electrons. The molecule has 0 heterocycles. The summed E-state index contributed by atoms with van der Waals surface area (Å²) < 4.78 is 0. The Bertz CT molecular complexity index is 2060. The predicted octanol–water partition coefficient (Wildman–Crippen LogP) is 13.1. The zero-order valence-corrected chi connectivity index (χ0v) is 26.2. The van der Waals surface area contributed by atoms with Gasteiger partial charge in [-0.15, -0.1) is 0 Å². The van der Waals surface area contributed by atoms with Crippen molar-refractivity contribution in [2.75, 3.05) is 0 Å². The molecule has 0 heteroatoms. The van der Waals surface area contributed by atoms with E-state index in [2.05, 4.69) is 146 Å². The van der Waals surface area contributed by atoms with E-state index in [1.807, 2.05) is 0 Å². The Hall–Kier alpha value is -4.68. The molecule has 0 aliphatic heterocycles. The van der Waals surface area contributed by atoms with Crippen molar-refractivity contribution < 1.29 is 0 Å². The van der Waals surface area contributed by atoms with Gasteiger partial charge in [-0.2, -0.15) is 0 Å². The number of fused-ring (bicyclic) bond motifs is 3. The molecule has 2 aliphatic carbocycles. The number of rotatable bonds is 4. The monoisotopic (exact) mass is 580 g/mol. The van der Waals surface area contributed by atoms with Gasteiger partial charge in [0.05, 0.1) is 0 Å². The van der Waals surface area contributed by atoms with Crippen molar-refractivity contribution in [2.24, 2.45) is 5.92 Å².